The van der Waals surface area contributed by atoms with E-state index in [1.807, 2.05) is 0 Å². The number of ether oxygens (including phenoxy) is 1. The molecule has 0 spiro atoms. The predicted molar refractivity (Wildman–Crippen MR) is 94.3 cm³/mol. The van der Waals surface area contributed by atoms with Gasteiger partial charge in [0.05, 0.1) is 18.3 Å². The number of rotatable bonds is 5. The van der Waals surface area contributed by atoms with E-state index in [1.165, 1.54) is 38.5 Å². The molecule has 4 fully saturated rings. The SMILES string of the molecule is COc1ccc(Cl)cc1NC(=O)C[NH2+]C12CC3CC(CC(C3)C1)C2. The molecule has 0 saturated heterocycles. The monoisotopic (exact) mass is 349 g/mol. The first-order valence-electron chi connectivity index (χ1n) is 9.03. The van der Waals surface area contributed by atoms with Gasteiger partial charge in [-0.25, -0.2) is 0 Å². The Morgan fingerprint density at radius 3 is 2.46 bits per heavy atom. The minimum absolute atomic E-state index is 0.0197. The van der Waals surface area contributed by atoms with Gasteiger partial charge in [0, 0.05) is 24.3 Å². The van der Waals surface area contributed by atoms with Crippen LogP contribution in [0.4, 0.5) is 5.69 Å². The van der Waals surface area contributed by atoms with Crippen LogP contribution in [-0.2, 0) is 4.79 Å². The number of hydrogen-bond donors (Lipinski definition) is 2. The average molecular weight is 350 g/mol. The molecule has 130 valence electrons. The Bertz CT molecular complexity index is 611. The van der Waals surface area contributed by atoms with E-state index in [1.54, 1.807) is 25.3 Å². The second-order valence-corrected chi connectivity index (χ2v) is 8.52. The molecule has 4 aliphatic rings. The first-order chi connectivity index (χ1) is 11.5. The molecule has 0 aliphatic heterocycles. The Kier molecular flexibility index (Phi) is 4.21. The summed E-state index contributed by atoms with van der Waals surface area (Å²) >= 11 is 6.03. The van der Waals surface area contributed by atoms with Crippen LogP contribution in [-0.4, -0.2) is 25.1 Å². The van der Waals surface area contributed by atoms with Gasteiger partial charge in [0.2, 0.25) is 0 Å². The highest BCUT2D eigenvalue weighted by molar-refractivity contribution is 6.31. The van der Waals surface area contributed by atoms with Gasteiger partial charge in [-0.2, -0.15) is 0 Å². The number of nitrogens with two attached hydrogens (primary N) is 1. The topological polar surface area (TPSA) is 54.9 Å². The lowest BCUT2D eigenvalue weighted by atomic mass is 9.53. The first-order valence-corrected chi connectivity index (χ1v) is 9.41. The van der Waals surface area contributed by atoms with Crippen LogP contribution in [0.3, 0.4) is 0 Å². The van der Waals surface area contributed by atoms with E-state index in [4.69, 9.17) is 16.3 Å². The smallest absolute Gasteiger partial charge is 0.279 e. The molecule has 4 saturated carbocycles. The predicted octanol–water partition coefficient (Wildman–Crippen LogP) is 2.82. The van der Waals surface area contributed by atoms with Gasteiger partial charge in [0.25, 0.3) is 5.91 Å². The van der Waals surface area contributed by atoms with Crippen molar-refractivity contribution in [2.75, 3.05) is 19.0 Å². The summed E-state index contributed by atoms with van der Waals surface area (Å²) in [7, 11) is 1.60. The average Bonchev–Trinajstić information content (AvgIpc) is 2.52. The zero-order valence-corrected chi connectivity index (χ0v) is 14.9. The van der Waals surface area contributed by atoms with E-state index in [9.17, 15) is 4.79 Å². The summed E-state index contributed by atoms with van der Waals surface area (Å²) in [6, 6.07) is 5.28. The van der Waals surface area contributed by atoms with Gasteiger partial charge in [-0.1, -0.05) is 11.6 Å². The van der Waals surface area contributed by atoms with E-state index in [0.717, 1.165) is 17.8 Å². The van der Waals surface area contributed by atoms with Crippen LogP contribution < -0.4 is 15.4 Å². The molecule has 1 aromatic rings. The molecule has 1 amide bonds. The van der Waals surface area contributed by atoms with Gasteiger partial charge in [-0.05, 0) is 55.2 Å². The molecule has 0 radical (unpaired) electrons. The summed E-state index contributed by atoms with van der Waals surface area (Å²) in [5.41, 5.74) is 0.971. The zero-order chi connectivity index (χ0) is 16.7. The first kappa shape index (κ1) is 16.2. The van der Waals surface area contributed by atoms with Gasteiger partial charge >= 0.3 is 0 Å². The molecular formula is C19H26ClN2O2+. The Morgan fingerprint density at radius 1 is 1.25 bits per heavy atom. The van der Waals surface area contributed by atoms with Crippen molar-refractivity contribution in [3.05, 3.63) is 23.2 Å². The number of quaternary nitrogens is 1. The highest BCUT2D eigenvalue weighted by Gasteiger charge is 2.53. The molecule has 4 bridgehead atoms. The molecule has 0 aromatic heterocycles. The lowest BCUT2D eigenvalue weighted by Gasteiger charge is -2.54. The highest BCUT2D eigenvalue weighted by Crippen LogP contribution is 2.54. The summed E-state index contributed by atoms with van der Waals surface area (Å²) in [5, 5.41) is 5.87. The maximum Gasteiger partial charge on any atom is 0.279 e. The van der Waals surface area contributed by atoms with E-state index in [2.05, 4.69) is 10.6 Å². The third-order valence-electron chi connectivity index (χ3n) is 6.24. The molecular weight excluding hydrogens is 324 g/mol. The van der Waals surface area contributed by atoms with Gasteiger partial charge < -0.3 is 15.4 Å². The molecule has 5 rings (SSSR count). The van der Waals surface area contributed by atoms with Crippen molar-refractivity contribution >= 4 is 23.2 Å². The number of methoxy groups -OCH3 is 1. The van der Waals surface area contributed by atoms with E-state index in [0.29, 0.717) is 28.5 Å². The largest absolute Gasteiger partial charge is 0.495 e. The lowest BCUT2D eigenvalue weighted by Crippen LogP contribution is -3.00. The summed E-state index contributed by atoms with van der Waals surface area (Å²) < 4.78 is 5.30. The number of hydrogen-bond acceptors (Lipinski definition) is 2. The molecule has 4 nitrogen and oxygen atoms in total. The van der Waals surface area contributed by atoms with E-state index < -0.39 is 0 Å². The molecule has 3 N–H and O–H groups in total. The number of anilines is 1. The van der Waals surface area contributed by atoms with Crippen LogP contribution in [0.25, 0.3) is 0 Å². The Balaban J connectivity index is 1.38. The zero-order valence-electron chi connectivity index (χ0n) is 14.2. The summed E-state index contributed by atoms with van der Waals surface area (Å²) in [6.45, 7) is 0.474. The molecule has 0 unspecified atom stereocenters. The normalized spacial score (nSPS) is 33.5. The number of benzene rings is 1. The van der Waals surface area contributed by atoms with Crippen molar-refractivity contribution in [1.29, 1.82) is 0 Å². The van der Waals surface area contributed by atoms with Crippen molar-refractivity contribution in [2.24, 2.45) is 17.8 Å². The third-order valence-corrected chi connectivity index (χ3v) is 6.48. The molecule has 0 atom stereocenters. The fraction of sp³-hybridized carbons (Fsp3) is 0.632. The van der Waals surface area contributed by atoms with Crippen LogP contribution in [0.2, 0.25) is 5.02 Å². The second-order valence-electron chi connectivity index (χ2n) is 8.08. The van der Waals surface area contributed by atoms with Crippen LogP contribution in [0, 0.1) is 17.8 Å². The quantitative estimate of drug-likeness (QED) is 0.858. The van der Waals surface area contributed by atoms with Crippen molar-refractivity contribution in [1.82, 2.24) is 0 Å². The minimum atomic E-state index is 0.0197. The lowest BCUT2D eigenvalue weighted by molar-refractivity contribution is -0.729. The molecule has 0 heterocycles. The maximum atomic E-state index is 12.4. The van der Waals surface area contributed by atoms with Crippen LogP contribution in [0.1, 0.15) is 38.5 Å². The van der Waals surface area contributed by atoms with Crippen molar-refractivity contribution in [3.63, 3.8) is 0 Å². The fourth-order valence-corrected chi connectivity index (χ4v) is 5.89. The minimum Gasteiger partial charge on any atom is -0.495 e. The third kappa shape index (κ3) is 3.14. The van der Waals surface area contributed by atoms with Gasteiger partial charge in [-0.3, -0.25) is 4.79 Å². The summed E-state index contributed by atoms with van der Waals surface area (Å²) in [4.78, 5) is 12.4. The Labute approximate surface area is 148 Å². The van der Waals surface area contributed by atoms with Crippen molar-refractivity contribution in [2.45, 2.75) is 44.1 Å². The van der Waals surface area contributed by atoms with Gasteiger partial charge in [0.1, 0.15) is 5.75 Å². The number of amides is 1. The molecule has 4 aliphatic carbocycles. The van der Waals surface area contributed by atoms with Crippen molar-refractivity contribution < 1.29 is 14.8 Å². The summed E-state index contributed by atoms with van der Waals surface area (Å²) in [6.07, 6.45) is 8.18. The Morgan fingerprint density at radius 2 is 1.88 bits per heavy atom. The highest BCUT2D eigenvalue weighted by atomic mass is 35.5. The van der Waals surface area contributed by atoms with E-state index >= 15 is 0 Å². The molecule has 5 heteroatoms. The molecule has 24 heavy (non-hydrogen) atoms. The number of carbonyl (C=O) groups excluding carboxylic acids is 1. The fourth-order valence-electron chi connectivity index (χ4n) is 5.72. The maximum absolute atomic E-state index is 12.4. The van der Waals surface area contributed by atoms with Gasteiger partial charge in [-0.15, -0.1) is 0 Å². The standard InChI is InChI=1S/C19H25ClN2O2/c1-24-17-3-2-15(20)7-16(17)22-18(23)11-21-19-8-12-4-13(9-19)6-14(5-12)10-19/h2-3,7,12-14,21H,4-6,8-11H2,1H3,(H,22,23)/p+1. The number of carbonyl (C=O) groups is 1. The van der Waals surface area contributed by atoms with Crippen LogP contribution in [0.5, 0.6) is 5.75 Å². The van der Waals surface area contributed by atoms with Crippen molar-refractivity contribution in [3.8, 4) is 5.75 Å². The van der Waals surface area contributed by atoms with Crippen LogP contribution in [0.15, 0.2) is 18.2 Å². The summed E-state index contributed by atoms with van der Waals surface area (Å²) in [5.74, 6) is 3.38. The second kappa shape index (κ2) is 6.23. The Hall–Kier alpha value is -1.26. The van der Waals surface area contributed by atoms with Gasteiger partial charge in [0.15, 0.2) is 6.54 Å². The number of halogens is 1. The molecule has 1 aromatic carbocycles. The number of nitrogens with one attached hydrogen (secondary N) is 1. The van der Waals surface area contributed by atoms with Crippen LogP contribution >= 0.6 is 11.6 Å². The van der Waals surface area contributed by atoms with E-state index in [-0.39, 0.29) is 5.91 Å².